The van der Waals surface area contributed by atoms with Crippen molar-refractivity contribution in [2.24, 2.45) is 0 Å². The van der Waals surface area contributed by atoms with Gasteiger partial charge in [-0.25, -0.2) is 0 Å². The average Bonchev–Trinajstić information content (AvgIpc) is 2.65. The Bertz CT molecular complexity index is 769. The van der Waals surface area contributed by atoms with Crippen molar-refractivity contribution in [3.63, 3.8) is 0 Å². The van der Waals surface area contributed by atoms with Crippen molar-refractivity contribution < 1.29 is 19.0 Å². The number of ether oxygens (including phenoxy) is 3. The maximum Gasteiger partial charge on any atom is 0.252 e. The molecule has 2 rings (SSSR count). The van der Waals surface area contributed by atoms with Crippen LogP contribution in [0.2, 0.25) is 0 Å². The molecule has 1 atom stereocenters. The maximum atomic E-state index is 12.4. The minimum Gasteiger partial charge on any atom is -0.493 e. The lowest BCUT2D eigenvalue weighted by molar-refractivity contribution is 0.0945. The van der Waals surface area contributed by atoms with Crippen LogP contribution in [-0.4, -0.2) is 27.2 Å². The largest absolute Gasteiger partial charge is 0.493 e. The van der Waals surface area contributed by atoms with Crippen molar-refractivity contribution in [1.29, 1.82) is 5.26 Å². The van der Waals surface area contributed by atoms with Crippen LogP contribution in [-0.2, 0) is 0 Å². The van der Waals surface area contributed by atoms with E-state index in [1.807, 2.05) is 19.1 Å². The maximum absolute atomic E-state index is 12.4. The molecular formula is C19H20N2O4. The third-order valence-electron chi connectivity index (χ3n) is 3.74. The zero-order valence-electron chi connectivity index (χ0n) is 14.6. The Morgan fingerprint density at radius 2 is 1.60 bits per heavy atom. The quantitative estimate of drug-likeness (QED) is 0.874. The van der Waals surface area contributed by atoms with Gasteiger partial charge in [0.05, 0.1) is 27.4 Å². The topological polar surface area (TPSA) is 80.6 Å². The number of nitriles is 1. The first-order chi connectivity index (χ1) is 12.0. The van der Waals surface area contributed by atoms with Gasteiger partial charge in [-0.2, -0.15) is 5.26 Å². The number of methoxy groups -OCH3 is 3. The molecular weight excluding hydrogens is 320 g/mol. The molecule has 0 bridgehead atoms. The van der Waals surface area contributed by atoms with E-state index in [4.69, 9.17) is 14.2 Å². The molecule has 1 amide bonds. The summed E-state index contributed by atoms with van der Waals surface area (Å²) in [6.07, 6.45) is 0. The SMILES string of the molecule is COc1cc([C@H](C#N)NC(=O)c2ccc(C)cc2)cc(OC)c1OC. The Labute approximate surface area is 146 Å². The van der Waals surface area contributed by atoms with E-state index in [2.05, 4.69) is 11.4 Å². The molecule has 0 unspecified atom stereocenters. The Morgan fingerprint density at radius 3 is 2.04 bits per heavy atom. The van der Waals surface area contributed by atoms with Gasteiger partial charge in [-0.15, -0.1) is 0 Å². The molecule has 1 N–H and O–H groups in total. The van der Waals surface area contributed by atoms with Crippen LogP contribution in [0.5, 0.6) is 17.2 Å². The number of carbonyl (C=O) groups excluding carboxylic acids is 1. The van der Waals surface area contributed by atoms with Gasteiger partial charge >= 0.3 is 0 Å². The Hall–Kier alpha value is -3.20. The normalized spacial score (nSPS) is 11.2. The van der Waals surface area contributed by atoms with Crippen molar-refractivity contribution in [3.8, 4) is 23.3 Å². The van der Waals surface area contributed by atoms with E-state index < -0.39 is 6.04 Å². The Balaban J connectivity index is 2.33. The third kappa shape index (κ3) is 4.01. The monoisotopic (exact) mass is 340 g/mol. The number of nitrogens with one attached hydrogen (secondary N) is 1. The molecule has 2 aromatic rings. The summed E-state index contributed by atoms with van der Waals surface area (Å²) in [5, 5.41) is 12.2. The second-order valence-corrected chi connectivity index (χ2v) is 5.36. The minimum atomic E-state index is -0.859. The molecule has 0 saturated heterocycles. The Morgan fingerprint density at radius 1 is 1.04 bits per heavy atom. The van der Waals surface area contributed by atoms with Crippen LogP contribution in [0.4, 0.5) is 0 Å². The zero-order valence-corrected chi connectivity index (χ0v) is 14.6. The molecule has 0 aliphatic rings. The number of carbonyl (C=O) groups is 1. The van der Waals surface area contributed by atoms with E-state index in [1.54, 1.807) is 24.3 Å². The highest BCUT2D eigenvalue weighted by Crippen LogP contribution is 2.39. The molecule has 0 aliphatic heterocycles. The summed E-state index contributed by atoms with van der Waals surface area (Å²) in [6.45, 7) is 1.94. The van der Waals surface area contributed by atoms with E-state index in [9.17, 15) is 10.1 Å². The van der Waals surface area contributed by atoms with Gasteiger partial charge in [-0.1, -0.05) is 17.7 Å². The summed E-state index contributed by atoms with van der Waals surface area (Å²) in [6, 6.07) is 11.6. The molecule has 0 heterocycles. The van der Waals surface area contributed by atoms with Gasteiger partial charge in [0.25, 0.3) is 5.91 Å². The smallest absolute Gasteiger partial charge is 0.252 e. The van der Waals surface area contributed by atoms with Crippen LogP contribution >= 0.6 is 0 Å². The summed E-state index contributed by atoms with van der Waals surface area (Å²) in [5.41, 5.74) is 2.08. The first-order valence-corrected chi connectivity index (χ1v) is 7.61. The van der Waals surface area contributed by atoms with Crippen LogP contribution in [0, 0.1) is 18.3 Å². The Kier molecular flexibility index (Phi) is 5.85. The lowest BCUT2D eigenvalue weighted by Gasteiger charge is -2.17. The van der Waals surface area contributed by atoms with Gasteiger partial charge in [0.15, 0.2) is 11.5 Å². The molecule has 2 aromatic carbocycles. The number of rotatable bonds is 6. The third-order valence-corrected chi connectivity index (χ3v) is 3.74. The lowest BCUT2D eigenvalue weighted by Crippen LogP contribution is -2.27. The summed E-state index contributed by atoms with van der Waals surface area (Å²) in [4.78, 5) is 12.4. The number of hydrogen-bond acceptors (Lipinski definition) is 5. The van der Waals surface area contributed by atoms with Gasteiger partial charge in [0, 0.05) is 5.56 Å². The van der Waals surface area contributed by atoms with Gasteiger partial charge in [0.2, 0.25) is 5.75 Å². The molecule has 6 heteroatoms. The summed E-state index contributed by atoms with van der Waals surface area (Å²) in [5.74, 6) is 0.930. The van der Waals surface area contributed by atoms with Crippen molar-refractivity contribution in [3.05, 3.63) is 53.1 Å². The molecule has 0 saturated carbocycles. The highest BCUT2D eigenvalue weighted by molar-refractivity contribution is 5.94. The summed E-state index contributed by atoms with van der Waals surface area (Å²) >= 11 is 0. The summed E-state index contributed by atoms with van der Waals surface area (Å²) < 4.78 is 15.8. The molecule has 130 valence electrons. The van der Waals surface area contributed by atoms with Gasteiger partial charge < -0.3 is 19.5 Å². The number of nitrogens with zero attached hydrogens (tertiary/aromatic N) is 1. The second-order valence-electron chi connectivity index (χ2n) is 5.36. The number of amides is 1. The molecule has 0 radical (unpaired) electrons. The van der Waals surface area contributed by atoms with Gasteiger partial charge in [-0.05, 0) is 36.8 Å². The summed E-state index contributed by atoms with van der Waals surface area (Å²) in [7, 11) is 4.49. The van der Waals surface area contributed by atoms with Crippen LogP contribution < -0.4 is 19.5 Å². The standard InChI is InChI=1S/C19H20N2O4/c1-12-5-7-13(8-6-12)19(22)21-15(11-20)14-9-16(23-2)18(25-4)17(10-14)24-3/h5-10,15H,1-4H3,(H,21,22)/t15-/m0/s1. The highest BCUT2D eigenvalue weighted by atomic mass is 16.5. The van der Waals surface area contributed by atoms with Crippen molar-refractivity contribution in [2.75, 3.05) is 21.3 Å². The molecule has 6 nitrogen and oxygen atoms in total. The second kappa shape index (κ2) is 8.06. The first kappa shape index (κ1) is 18.1. The fraction of sp³-hybridized carbons (Fsp3) is 0.263. The van der Waals surface area contributed by atoms with E-state index in [1.165, 1.54) is 21.3 Å². The number of hydrogen-bond donors (Lipinski definition) is 1. The van der Waals surface area contributed by atoms with Crippen molar-refractivity contribution >= 4 is 5.91 Å². The van der Waals surface area contributed by atoms with E-state index in [-0.39, 0.29) is 5.91 Å². The molecule has 0 fully saturated rings. The van der Waals surface area contributed by atoms with Crippen molar-refractivity contribution in [1.82, 2.24) is 5.32 Å². The first-order valence-electron chi connectivity index (χ1n) is 7.61. The molecule has 0 aliphatic carbocycles. The zero-order chi connectivity index (χ0) is 18.4. The fourth-order valence-electron chi connectivity index (χ4n) is 2.38. The fourth-order valence-corrected chi connectivity index (χ4v) is 2.38. The van der Waals surface area contributed by atoms with Crippen LogP contribution in [0.1, 0.15) is 27.5 Å². The van der Waals surface area contributed by atoms with E-state index in [0.717, 1.165) is 5.56 Å². The highest BCUT2D eigenvalue weighted by Gasteiger charge is 2.20. The van der Waals surface area contributed by atoms with E-state index in [0.29, 0.717) is 28.4 Å². The van der Waals surface area contributed by atoms with Crippen LogP contribution in [0.3, 0.4) is 0 Å². The van der Waals surface area contributed by atoms with Gasteiger partial charge in [-0.3, -0.25) is 4.79 Å². The van der Waals surface area contributed by atoms with Crippen LogP contribution in [0.25, 0.3) is 0 Å². The predicted octanol–water partition coefficient (Wildman–Crippen LogP) is 3.02. The molecule has 25 heavy (non-hydrogen) atoms. The minimum absolute atomic E-state index is 0.333. The molecule has 0 spiro atoms. The van der Waals surface area contributed by atoms with Crippen LogP contribution in [0.15, 0.2) is 36.4 Å². The predicted molar refractivity (Wildman–Crippen MR) is 93.1 cm³/mol. The number of aryl methyl sites for hydroxylation is 1. The number of benzene rings is 2. The van der Waals surface area contributed by atoms with Gasteiger partial charge in [0.1, 0.15) is 6.04 Å². The van der Waals surface area contributed by atoms with Crippen molar-refractivity contribution in [2.45, 2.75) is 13.0 Å². The molecule has 0 aromatic heterocycles. The lowest BCUT2D eigenvalue weighted by atomic mass is 10.1. The van der Waals surface area contributed by atoms with E-state index >= 15 is 0 Å². The average molecular weight is 340 g/mol.